The Kier molecular flexibility index (Phi) is 5.03. The lowest BCUT2D eigenvalue weighted by atomic mass is 10.2. The van der Waals surface area contributed by atoms with E-state index < -0.39 is 0 Å². The largest absolute Gasteiger partial charge is 0.286 e. The molecule has 0 unspecified atom stereocenters. The Hall–Kier alpha value is -1.78. The summed E-state index contributed by atoms with van der Waals surface area (Å²) >= 11 is 7.74. The Morgan fingerprint density at radius 1 is 1.26 bits per heavy atom. The zero-order valence-electron chi connectivity index (χ0n) is 12.8. The van der Waals surface area contributed by atoms with E-state index in [0.29, 0.717) is 23.7 Å². The predicted octanol–water partition coefficient (Wildman–Crippen LogP) is 4.39. The first-order valence-electron chi connectivity index (χ1n) is 7.44. The van der Waals surface area contributed by atoms with Crippen molar-refractivity contribution in [2.45, 2.75) is 12.7 Å². The molecule has 2 aromatic carbocycles. The van der Waals surface area contributed by atoms with Crippen molar-refractivity contribution in [1.29, 1.82) is 0 Å². The number of thioether (sulfide) groups is 1. The number of amidine groups is 1. The molecule has 0 saturated heterocycles. The van der Waals surface area contributed by atoms with Crippen molar-refractivity contribution >= 4 is 34.4 Å². The van der Waals surface area contributed by atoms with Gasteiger partial charge in [0.05, 0.1) is 17.1 Å². The third-order valence-corrected chi connectivity index (χ3v) is 5.02. The minimum absolute atomic E-state index is 0.0800. The summed E-state index contributed by atoms with van der Waals surface area (Å²) in [6.45, 7) is 3.33. The highest BCUT2D eigenvalue weighted by Crippen LogP contribution is 2.24. The number of aliphatic imine (C=N–C) groups is 1. The van der Waals surface area contributed by atoms with Crippen LogP contribution in [0.2, 0.25) is 5.02 Å². The van der Waals surface area contributed by atoms with Crippen molar-refractivity contribution in [3.05, 3.63) is 70.2 Å². The number of hydrogen-bond donors (Lipinski definition) is 0. The first-order chi connectivity index (χ1) is 11.1. The highest BCUT2D eigenvalue weighted by molar-refractivity contribution is 8.13. The van der Waals surface area contributed by atoms with E-state index in [1.54, 1.807) is 28.8 Å². The zero-order chi connectivity index (χ0) is 16.2. The van der Waals surface area contributed by atoms with Gasteiger partial charge in [0.2, 0.25) is 0 Å². The number of amides is 1. The highest BCUT2D eigenvalue weighted by Gasteiger charge is 2.26. The Bertz CT molecular complexity index is 760. The molecule has 1 aliphatic rings. The van der Waals surface area contributed by atoms with Crippen LogP contribution in [0, 0.1) is 6.92 Å². The average molecular weight is 345 g/mol. The molecule has 2 aromatic rings. The van der Waals surface area contributed by atoms with Crippen molar-refractivity contribution in [3.63, 3.8) is 0 Å². The van der Waals surface area contributed by atoms with Crippen molar-refractivity contribution in [3.8, 4) is 0 Å². The fraction of sp³-hybridized carbons (Fsp3) is 0.222. The first-order valence-corrected chi connectivity index (χ1v) is 8.81. The van der Waals surface area contributed by atoms with Crippen molar-refractivity contribution < 1.29 is 4.79 Å². The summed E-state index contributed by atoms with van der Waals surface area (Å²) in [7, 11) is 0. The van der Waals surface area contributed by atoms with E-state index in [1.807, 2.05) is 18.2 Å². The molecule has 0 spiro atoms. The number of nitrogens with zero attached hydrogens (tertiary/aromatic N) is 2. The van der Waals surface area contributed by atoms with E-state index in [0.717, 1.165) is 10.9 Å². The Morgan fingerprint density at radius 2 is 2.09 bits per heavy atom. The molecule has 1 heterocycles. The summed E-state index contributed by atoms with van der Waals surface area (Å²) in [4.78, 5) is 18.9. The maximum Gasteiger partial charge on any atom is 0.261 e. The minimum atomic E-state index is -0.0800. The van der Waals surface area contributed by atoms with E-state index in [4.69, 9.17) is 11.6 Å². The molecule has 0 N–H and O–H groups in total. The molecule has 0 fully saturated rings. The third kappa shape index (κ3) is 3.77. The zero-order valence-corrected chi connectivity index (χ0v) is 14.4. The summed E-state index contributed by atoms with van der Waals surface area (Å²) < 4.78 is 0. The Labute approximate surface area is 145 Å². The van der Waals surface area contributed by atoms with Crippen molar-refractivity contribution in [2.75, 3.05) is 13.1 Å². The lowest BCUT2D eigenvalue weighted by Gasteiger charge is -2.18. The van der Waals surface area contributed by atoms with Gasteiger partial charge in [-0.3, -0.25) is 14.7 Å². The van der Waals surface area contributed by atoms with Gasteiger partial charge in [0, 0.05) is 12.3 Å². The van der Waals surface area contributed by atoms with Crippen LogP contribution in [-0.4, -0.2) is 29.1 Å². The van der Waals surface area contributed by atoms with Crippen LogP contribution in [0.5, 0.6) is 0 Å². The molecule has 3 nitrogen and oxygen atoms in total. The molecule has 1 aliphatic heterocycles. The van der Waals surface area contributed by atoms with Gasteiger partial charge in [0.15, 0.2) is 5.17 Å². The second-order valence-electron chi connectivity index (χ2n) is 5.38. The fourth-order valence-corrected chi connectivity index (χ4v) is 3.67. The van der Waals surface area contributed by atoms with Gasteiger partial charge in [-0.25, -0.2) is 0 Å². The van der Waals surface area contributed by atoms with Gasteiger partial charge >= 0.3 is 0 Å². The quantitative estimate of drug-likeness (QED) is 0.827. The second kappa shape index (κ2) is 7.20. The van der Waals surface area contributed by atoms with E-state index in [1.165, 1.54) is 11.1 Å². The number of carbonyl (C=O) groups excluding carboxylic acids is 1. The summed E-state index contributed by atoms with van der Waals surface area (Å²) in [5, 5.41) is 1.25. The number of halogens is 1. The molecule has 3 rings (SSSR count). The molecule has 0 aliphatic carbocycles. The standard InChI is InChI=1S/C18H17ClN2OS/c1-13-5-4-6-14(11-13)12-23-18-20-9-10-21(18)17(22)15-7-2-3-8-16(15)19/h2-8,11H,9-10,12H2,1H3. The SMILES string of the molecule is Cc1cccc(CSC2=NCCN2C(=O)c2ccccc2Cl)c1. The van der Waals surface area contributed by atoms with E-state index >= 15 is 0 Å². The van der Waals surface area contributed by atoms with Crippen LogP contribution in [-0.2, 0) is 5.75 Å². The summed E-state index contributed by atoms with van der Waals surface area (Å²) in [6.07, 6.45) is 0. The number of carbonyl (C=O) groups is 1. The average Bonchev–Trinajstić information content (AvgIpc) is 3.01. The molecule has 0 aromatic heterocycles. The summed E-state index contributed by atoms with van der Waals surface area (Å²) in [6, 6.07) is 15.5. The van der Waals surface area contributed by atoms with Crippen LogP contribution in [0.15, 0.2) is 53.5 Å². The van der Waals surface area contributed by atoms with Crippen LogP contribution >= 0.6 is 23.4 Å². The van der Waals surface area contributed by atoms with E-state index in [9.17, 15) is 4.79 Å². The van der Waals surface area contributed by atoms with Gasteiger partial charge in [0.25, 0.3) is 5.91 Å². The van der Waals surface area contributed by atoms with Crippen LogP contribution in [0.1, 0.15) is 21.5 Å². The first kappa shape index (κ1) is 16.1. The van der Waals surface area contributed by atoms with Gasteiger partial charge < -0.3 is 0 Å². The lowest BCUT2D eigenvalue weighted by molar-refractivity contribution is 0.0861. The van der Waals surface area contributed by atoms with E-state index in [2.05, 4.69) is 30.1 Å². The minimum Gasteiger partial charge on any atom is -0.286 e. The van der Waals surface area contributed by atoms with Gasteiger partial charge in [-0.05, 0) is 24.6 Å². The van der Waals surface area contributed by atoms with Crippen molar-refractivity contribution in [2.24, 2.45) is 4.99 Å². The Morgan fingerprint density at radius 3 is 2.87 bits per heavy atom. The fourth-order valence-electron chi connectivity index (χ4n) is 2.47. The van der Waals surface area contributed by atoms with Gasteiger partial charge in [-0.2, -0.15) is 0 Å². The number of benzene rings is 2. The molecule has 1 amide bonds. The monoisotopic (exact) mass is 344 g/mol. The molecular weight excluding hydrogens is 328 g/mol. The maximum atomic E-state index is 12.7. The molecule has 23 heavy (non-hydrogen) atoms. The van der Waals surface area contributed by atoms with Crippen LogP contribution in [0.3, 0.4) is 0 Å². The normalized spacial score (nSPS) is 14.0. The second-order valence-corrected chi connectivity index (χ2v) is 6.73. The molecule has 0 atom stereocenters. The molecule has 0 radical (unpaired) electrons. The highest BCUT2D eigenvalue weighted by atomic mass is 35.5. The van der Waals surface area contributed by atoms with E-state index in [-0.39, 0.29) is 5.91 Å². The van der Waals surface area contributed by atoms with Gasteiger partial charge in [-0.15, -0.1) is 0 Å². The summed E-state index contributed by atoms with van der Waals surface area (Å²) in [5.41, 5.74) is 3.00. The van der Waals surface area contributed by atoms with Gasteiger partial charge in [-0.1, -0.05) is 65.3 Å². The molecule has 0 saturated carbocycles. The maximum absolute atomic E-state index is 12.7. The molecule has 5 heteroatoms. The third-order valence-electron chi connectivity index (χ3n) is 3.60. The number of hydrogen-bond acceptors (Lipinski definition) is 3. The smallest absolute Gasteiger partial charge is 0.261 e. The topological polar surface area (TPSA) is 32.7 Å². The van der Waals surface area contributed by atoms with Crippen molar-refractivity contribution in [1.82, 2.24) is 4.90 Å². The van der Waals surface area contributed by atoms with Crippen LogP contribution in [0.25, 0.3) is 0 Å². The number of rotatable bonds is 3. The Balaban J connectivity index is 1.70. The number of aryl methyl sites for hydroxylation is 1. The predicted molar refractivity (Wildman–Crippen MR) is 97.3 cm³/mol. The lowest BCUT2D eigenvalue weighted by Crippen LogP contribution is -2.33. The van der Waals surface area contributed by atoms with Crippen LogP contribution in [0.4, 0.5) is 0 Å². The molecule has 118 valence electrons. The molecular formula is C18H17ClN2OS. The molecule has 0 bridgehead atoms. The van der Waals surface area contributed by atoms with Gasteiger partial charge in [0.1, 0.15) is 0 Å². The van der Waals surface area contributed by atoms with Crippen LogP contribution < -0.4 is 0 Å². The summed E-state index contributed by atoms with van der Waals surface area (Å²) in [5.74, 6) is 0.718.